The van der Waals surface area contributed by atoms with Crippen LogP contribution in [0.3, 0.4) is 0 Å². The number of carbonyl (C=O) groups is 3. The smallest absolute Gasteiger partial charge is 0.344 e. The second kappa shape index (κ2) is 7.47. The fourth-order valence-electron chi connectivity index (χ4n) is 1.61. The number of hydrogen-bond acceptors (Lipinski definition) is 6. The zero-order chi connectivity index (χ0) is 13.4. The fraction of sp³-hybridized carbons (Fsp3) is 0.583. The normalized spacial score (nSPS) is 15.6. The summed E-state index contributed by atoms with van der Waals surface area (Å²) in [4.78, 5) is 33.0. The van der Waals surface area contributed by atoms with Crippen LogP contribution in [0.2, 0.25) is 0 Å². The molecule has 0 saturated heterocycles. The summed E-state index contributed by atoms with van der Waals surface area (Å²) in [5.74, 6) is -2.02. The lowest BCUT2D eigenvalue weighted by atomic mass is 10.3. The van der Waals surface area contributed by atoms with Gasteiger partial charge in [0.25, 0.3) is 0 Å². The molecule has 100 valence electrons. The van der Waals surface area contributed by atoms with Gasteiger partial charge in [0.15, 0.2) is 6.61 Å². The molecule has 0 unspecified atom stereocenters. The van der Waals surface area contributed by atoms with E-state index in [0.29, 0.717) is 0 Å². The molecule has 1 fully saturated rings. The van der Waals surface area contributed by atoms with Gasteiger partial charge in [0.05, 0.1) is 7.11 Å². The van der Waals surface area contributed by atoms with Crippen LogP contribution < -0.4 is 0 Å². The van der Waals surface area contributed by atoms with Crippen molar-refractivity contribution in [1.82, 2.24) is 0 Å². The maximum absolute atomic E-state index is 11.3. The zero-order valence-corrected chi connectivity index (χ0v) is 10.2. The van der Waals surface area contributed by atoms with E-state index in [-0.39, 0.29) is 6.10 Å². The van der Waals surface area contributed by atoms with E-state index in [2.05, 4.69) is 9.47 Å². The number of ether oxygens (including phenoxy) is 3. The number of methoxy groups -OCH3 is 1. The summed E-state index contributed by atoms with van der Waals surface area (Å²) in [6.07, 6.45) is 5.60. The van der Waals surface area contributed by atoms with Crippen molar-refractivity contribution in [2.75, 3.05) is 13.7 Å². The molecule has 6 nitrogen and oxygen atoms in total. The summed E-state index contributed by atoms with van der Waals surface area (Å²) < 4.78 is 14.0. The van der Waals surface area contributed by atoms with Crippen LogP contribution in [0.5, 0.6) is 0 Å². The van der Waals surface area contributed by atoms with Crippen LogP contribution in [-0.4, -0.2) is 37.7 Å². The van der Waals surface area contributed by atoms with Gasteiger partial charge in [-0.3, -0.25) is 0 Å². The first-order chi connectivity index (χ1) is 8.61. The summed E-state index contributed by atoms with van der Waals surface area (Å²) in [5.41, 5.74) is 0. The first-order valence-electron chi connectivity index (χ1n) is 5.74. The van der Waals surface area contributed by atoms with Crippen molar-refractivity contribution in [3.05, 3.63) is 12.2 Å². The Morgan fingerprint density at radius 3 is 2.33 bits per heavy atom. The molecule has 0 N–H and O–H groups in total. The molecule has 0 radical (unpaired) electrons. The lowest BCUT2D eigenvalue weighted by molar-refractivity contribution is -0.159. The van der Waals surface area contributed by atoms with E-state index >= 15 is 0 Å². The van der Waals surface area contributed by atoms with Gasteiger partial charge in [-0.1, -0.05) is 0 Å². The Morgan fingerprint density at radius 1 is 1.11 bits per heavy atom. The minimum Gasteiger partial charge on any atom is -0.466 e. The van der Waals surface area contributed by atoms with Gasteiger partial charge in [-0.05, 0) is 25.7 Å². The quantitative estimate of drug-likeness (QED) is 0.410. The van der Waals surface area contributed by atoms with Gasteiger partial charge in [0.1, 0.15) is 6.10 Å². The van der Waals surface area contributed by atoms with Gasteiger partial charge < -0.3 is 14.2 Å². The van der Waals surface area contributed by atoms with Gasteiger partial charge in [-0.25, -0.2) is 14.4 Å². The molecule has 0 aromatic heterocycles. The van der Waals surface area contributed by atoms with Crippen molar-refractivity contribution in [2.45, 2.75) is 31.8 Å². The largest absolute Gasteiger partial charge is 0.466 e. The van der Waals surface area contributed by atoms with Crippen LogP contribution in [-0.2, 0) is 28.6 Å². The number of carbonyl (C=O) groups excluding carboxylic acids is 3. The highest BCUT2D eigenvalue weighted by atomic mass is 16.6. The Balaban J connectivity index is 2.19. The average molecular weight is 256 g/mol. The SMILES string of the molecule is COC(=O)/C=C/C(=O)OCC(=O)OC1CCCC1. The van der Waals surface area contributed by atoms with E-state index < -0.39 is 24.5 Å². The molecule has 0 aliphatic heterocycles. The summed E-state index contributed by atoms with van der Waals surface area (Å²) in [5, 5.41) is 0. The Morgan fingerprint density at radius 2 is 1.72 bits per heavy atom. The van der Waals surface area contributed by atoms with Crippen molar-refractivity contribution in [1.29, 1.82) is 0 Å². The van der Waals surface area contributed by atoms with Crippen LogP contribution in [0.15, 0.2) is 12.2 Å². The van der Waals surface area contributed by atoms with Gasteiger partial charge in [0, 0.05) is 12.2 Å². The standard InChI is InChI=1S/C12H16O6/c1-16-10(13)6-7-11(14)17-8-12(15)18-9-4-2-3-5-9/h6-7,9H,2-5,8H2,1H3/b7-6+. The van der Waals surface area contributed by atoms with Crippen LogP contribution in [0.1, 0.15) is 25.7 Å². The highest BCUT2D eigenvalue weighted by Gasteiger charge is 2.19. The summed E-state index contributed by atoms with van der Waals surface area (Å²) >= 11 is 0. The molecular weight excluding hydrogens is 240 g/mol. The van der Waals surface area contributed by atoms with E-state index in [1.165, 1.54) is 7.11 Å². The molecular formula is C12H16O6. The Labute approximate surface area is 105 Å². The number of rotatable bonds is 5. The minimum atomic E-state index is -0.788. The second-order valence-corrected chi connectivity index (χ2v) is 3.86. The summed E-state index contributed by atoms with van der Waals surface area (Å²) in [7, 11) is 1.19. The Hall–Kier alpha value is -1.85. The number of hydrogen-bond donors (Lipinski definition) is 0. The van der Waals surface area contributed by atoms with Crippen LogP contribution in [0.4, 0.5) is 0 Å². The van der Waals surface area contributed by atoms with Crippen molar-refractivity contribution in [3.63, 3.8) is 0 Å². The van der Waals surface area contributed by atoms with Crippen molar-refractivity contribution in [3.8, 4) is 0 Å². The zero-order valence-electron chi connectivity index (χ0n) is 10.2. The third-order valence-electron chi connectivity index (χ3n) is 2.49. The van der Waals surface area contributed by atoms with Gasteiger partial charge in [0.2, 0.25) is 0 Å². The molecule has 6 heteroatoms. The van der Waals surface area contributed by atoms with Crippen molar-refractivity contribution < 1.29 is 28.6 Å². The van der Waals surface area contributed by atoms with E-state index in [1.54, 1.807) is 0 Å². The predicted molar refractivity (Wildman–Crippen MR) is 60.5 cm³/mol. The molecule has 0 atom stereocenters. The molecule has 1 aliphatic carbocycles. The monoisotopic (exact) mass is 256 g/mol. The first-order valence-corrected chi connectivity index (χ1v) is 5.74. The average Bonchev–Trinajstić information content (AvgIpc) is 2.86. The molecule has 1 saturated carbocycles. The van der Waals surface area contributed by atoms with Gasteiger partial charge in [-0.2, -0.15) is 0 Å². The summed E-state index contributed by atoms with van der Waals surface area (Å²) in [6, 6.07) is 0. The molecule has 0 heterocycles. The van der Waals surface area contributed by atoms with E-state index in [0.717, 1.165) is 37.8 Å². The predicted octanol–water partition coefficient (Wildman–Crippen LogP) is 0.745. The van der Waals surface area contributed by atoms with E-state index in [4.69, 9.17) is 4.74 Å². The van der Waals surface area contributed by atoms with Crippen molar-refractivity contribution >= 4 is 17.9 Å². The topological polar surface area (TPSA) is 78.9 Å². The maximum Gasteiger partial charge on any atom is 0.344 e. The lowest BCUT2D eigenvalue weighted by Gasteiger charge is -2.10. The van der Waals surface area contributed by atoms with Gasteiger partial charge >= 0.3 is 17.9 Å². The Bertz CT molecular complexity index is 340. The van der Waals surface area contributed by atoms with Crippen LogP contribution in [0.25, 0.3) is 0 Å². The molecule has 0 spiro atoms. The molecule has 0 amide bonds. The highest BCUT2D eigenvalue weighted by Crippen LogP contribution is 2.20. The molecule has 0 bridgehead atoms. The number of esters is 3. The minimum absolute atomic E-state index is 0.0539. The molecule has 0 aromatic rings. The molecule has 1 aliphatic rings. The van der Waals surface area contributed by atoms with Crippen LogP contribution in [0, 0.1) is 0 Å². The third-order valence-corrected chi connectivity index (χ3v) is 2.49. The molecule has 0 aromatic carbocycles. The van der Waals surface area contributed by atoms with E-state index in [1.807, 2.05) is 0 Å². The van der Waals surface area contributed by atoms with Gasteiger partial charge in [-0.15, -0.1) is 0 Å². The lowest BCUT2D eigenvalue weighted by Crippen LogP contribution is -2.20. The summed E-state index contributed by atoms with van der Waals surface area (Å²) in [6.45, 7) is -0.444. The maximum atomic E-state index is 11.3. The first kappa shape index (κ1) is 14.2. The van der Waals surface area contributed by atoms with Crippen LogP contribution >= 0.6 is 0 Å². The second-order valence-electron chi connectivity index (χ2n) is 3.86. The van der Waals surface area contributed by atoms with Crippen molar-refractivity contribution in [2.24, 2.45) is 0 Å². The third kappa shape index (κ3) is 5.47. The molecule has 1 rings (SSSR count). The fourth-order valence-corrected chi connectivity index (χ4v) is 1.61. The highest BCUT2D eigenvalue weighted by molar-refractivity contribution is 5.92. The Kier molecular flexibility index (Phi) is 5.90. The molecule has 18 heavy (non-hydrogen) atoms. The van der Waals surface area contributed by atoms with E-state index in [9.17, 15) is 14.4 Å².